The van der Waals surface area contributed by atoms with Gasteiger partial charge in [0.1, 0.15) is 0 Å². The Labute approximate surface area is 126 Å². The SMILES string of the molecule is Cn1ccnc1-c1nccn1C.[Cl-].[Cl-].[Cl-].[Os]. The molecule has 2 aromatic heterocycles. The van der Waals surface area contributed by atoms with Gasteiger partial charge in [0.15, 0.2) is 11.6 Å². The molecular weight excluding hydrogens is 449 g/mol. The van der Waals surface area contributed by atoms with Gasteiger partial charge in [0, 0.05) is 58.7 Å². The van der Waals surface area contributed by atoms with Gasteiger partial charge in [-0.3, -0.25) is 0 Å². The summed E-state index contributed by atoms with van der Waals surface area (Å²) in [7, 11) is 3.91. The minimum atomic E-state index is 0. The largest absolute Gasteiger partial charge is 1.00 e. The Kier molecular flexibility index (Phi) is 12.0. The Morgan fingerprint density at radius 3 is 1.31 bits per heavy atom. The van der Waals surface area contributed by atoms with Crippen LogP contribution in [0.2, 0.25) is 0 Å². The van der Waals surface area contributed by atoms with Crippen molar-refractivity contribution in [3.63, 3.8) is 0 Å². The summed E-state index contributed by atoms with van der Waals surface area (Å²) in [4.78, 5) is 8.40. The fraction of sp³-hybridized carbons (Fsp3) is 0.250. The van der Waals surface area contributed by atoms with Crippen LogP contribution in [0.15, 0.2) is 24.8 Å². The van der Waals surface area contributed by atoms with Crippen LogP contribution in [0.5, 0.6) is 0 Å². The molecular formula is C8H10Cl3N4Os-3. The van der Waals surface area contributed by atoms with Crippen molar-refractivity contribution >= 4 is 0 Å². The number of nitrogens with zero attached hydrogens (tertiary/aromatic N) is 4. The van der Waals surface area contributed by atoms with E-state index in [4.69, 9.17) is 0 Å². The molecule has 0 bridgehead atoms. The molecule has 0 atom stereocenters. The van der Waals surface area contributed by atoms with E-state index in [1.807, 2.05) is 35.6 Å². The van der Waals surface area contributed by atoms with E-state index >= 15 is 0 Å². The molecule has 8 heteroatoms. The van der Waals surface area contributed by atoms with E-state index < -0.39 is 0 Å². The third kappa shape index (κ3) is 4.06. The Bertz CT molecular complexity index is 363. The summed E-state index contributed by atoms with van der Waals surface area (Å²) in [6, 6.07) is 0. The maximum absolute atomic E-state index is 4.20. The molecule has 0 amide bonds. The Balaban J connectivity index is -0.000000422. The first-order valence-electron chi connectivity index (χ1n) is 3.74. The van der Waals surface area contributed by atoms with Crippen molar-refractivity contribution in [3.8, 4) is 11.6 Å². The van der Waals surface area contributed by atoms with Gasteiger partial charge in [0.2, 0.25) is 0 Å². The smallest absolute Gasteiger partial charge is 0.176 e. The van der Waals surface area contributed by atoms with Crippen molar-refractivity contribution in [2.75, 3.05) is 0 Å². The van der Waals surface area contributed by atoms with Crippen LogP contribution < -0.4 is 37.2 Å². The molecule has 2 heterocycles. The van der Waals surface area contributed by atoms with Crippen molar-refractivity contribution in [2.24, 2.45) is 14.1 Å². The van der Waals surface area contributed by atoms with Crippen molar-refractivity contribution in [1.29, 1.82) is 0 Å². The summed E-state index contributed by atoms with van der Waals surface area (Å²) >= 11 is 0. The van der Waals surface area contributed by atoms with E-state index in [1.54, 1.807) is 12.4 Å². The average molecular weight is 459 g/mol. The number of hydrogen-bond acceptors (Lipinski definition) is 2. The average Bonchev–Trinajstić information content (AvgIpc) is 2.59. The molecule has 2 rings (SSSR count). The number of aryl methyl sites for hydroxylation is 2. The van der Waals surface area contributed by atoms with Gasteiger partial charge in [-0.25, -0.2) is 9.97 Å². The number of halogens is 3. The molecule has 16 heavy (non-hydrogen) atoms. The molecule has 0 fully saturated rings. The Morgan fingerprint density at radius 2 is 1.12 bits per heavy atom. The molecule has 0 N–H and O–H groups in total. The van der Waals surface area contributed by atoms with Gasteiger partial charge >= 0.3 is 0 Å². The second-order valence-corrected chi connectivity index (χ2v) is 2.72. The molecule has 0 aliphatic heterocycles. The van der Waals surface area contributed by atoms with Crippen LogP contribution in [-0.4, -0.2) is 19.1 Å². The maximum atomic E-state index is 4.20. The molecule has 0 aromatic carbocycles. The number of imidazole rings is 2. The van der Waals surface area contributed by atoms with Crippen molar-refractivity contribution in [2.45, 2.75) is 0 Å². The molecule has 2 aromatic rings. The topological polar surface area (TPSA) is 35.6 Å². The first-order chi connectivity index (χ1) is 5.79. The molecule has 4 nitrogen and oxygen atoms in total. The fourth-order valence-corrected chi connectivity index (χ4v) is 1.16. The van der Waals surface area contributed by atoms with Gasteiger partial charge in [-0.05, 0) is 0 Å². The fourth-order valence-electron chi connectivity index (χ4n) is 1.16. The second-order valence-electron chi connectivity index (χ2n) is 2.72. The van der Waals surface area contributed by atoms with E-state index in [1.165, 1.54) is 0 Å². The van der Waals surface area contributed by atoms with Crippen molar-refractivity contribution in [1.82, 2.24) is 19.1 Å². The van der Waals surface area contributed by atoms with Gasteiger partial charge in [-0.1, -0.05) is 0 Å². The van der Waals surface area contributed by atoms with E-state index in [-0.39, 0.29) is 57.0 Å². The summed E-state index contributed by atoms with van der Waals surface area (Å²) in [5.74, 6) is 1.78. The van der Waals surface area contributed by atoms with Crippen molar-refractivity contribution in [3.05, 3.63) is 24.8 Å². The minimum Gasteiger partial charge on any atom is -1.00 e. The number of aromatic nitrogens is 4. The van der Waals surface area contributed by atoms with Crippen LogP contribution in [0.4, 0.5) is 0 Å². The zero-order valence-electron chi connectivity index (χ0n) is 8.59. The normalized spacial score (nSPS) is 7.88. The van der Waals surface area contributed by atoms with E-state index in [2.05, 4.69) is 9.97 Å². The Morgan fingerprint density at radius 1 is 0.812 bits per heavy atom. The zero-order chi connectivity index (χ0) is 8.55. The van der Waals surface area contributed by atoms with Crippen LogP contribution in [-0.2, 0) is 33.9 Å². The molecule has 0 aliphatic rings. The molecule has 94 valence electrons. The maximum Gasteiger partial charge on any atom is 0.176 e. The molecule has 0 aliphatic carbocycles. The van der Waals surface area contributed by atoms with Gasteiger partial charge in [0.05, 0.1) is 0 Å². The molecule has 0 radical (unpaired) electrons. The molecule has 0 unspecified atom stereocenters. The monoisotopic (exact) mass is 459 g/mol. The molecule has 0 saturated heterocycles. The third-order valence-corrected chi connectivity index (χ3v) is 1.84. The minimum absolute atomic E-state index is 0. The van der Waals surface area contributed by atoms with Crippen LogP contribution in [0.1, 0.15) is 0 Å². The van der Waals surface area contributed by atoms with E-state index in [0.29, 0.717) is 0 Å². The van der Waals surface area contributed by atoms with Gasteiger partial charge < -0.3 is 46.4 Å². The first kappa shape index (κ1) is 21.2. The van der Waals surface area contributed by atoms with E-state index in [9.17, 15) is 0 Å². The Hall–Kier alpha value is -0.0736. The summed E-state index contributed by atoms with van der Waals surface area (Å²) in [6.45, 7) is 0. The molecule has 0 spiro atoms. The summed E-state index contributed by atoms with van der Waals surface area (Å²) < 4.78 is 3.89. The van der Waals surface area contributed by atoms with Crippen LogP contribution >= 0.6 is 0 Å². The van der Waals surface area contributed by atoms with Crippen LogP contribution in [0.25, 0.3) is 11.6 Å². The summed E-state index contributed by atoms with van der Waals surface area (Å²) in [6.07, 6.45) is 7.35. The summed E-state index contributed by atoms with van der Waals surface area (Å²) in [5.41, 5.74) is 0. The van der Waals surface area contributed by atoms with Gasteiger partial charge in [0.25, 0.3) is 0 Å². The molecule has 0 saturated carbocycles. The zero-order valence-corrected chi connectivity index (χ0v) is 13.4. The predicted molar refractivity (Wildman–Crippen MR) is 45.4 cm³/mol. The third-order valence-electron chi connectivity index (χ3n) is 1.84. The second kappa shape index (κ2) is 9.01. The van der Waals surface area contributed by atoms with Crippen LogP contribution in [0.3, 0.4) is 0 Å². The van der Waals surface area contributed by atoms with Gasteiger partial charge in [-0.2, -0.15) is 0 Å². The summed E-state index contributed by atoms with van der Waals surface area (Å²) in [5, 5.41) is 0. The first-order valence-corrected chi connectivity index (χ1v) is 3.74. The van der Waals surface area contributed by atoms with Crippen molar-refractivity contribution < 1.29 is 57.0 Å². The number of hydrogen-bond donors (Lipinski definition) is 0. The van der Waals surface area contributed by atoms with E-state index in [0.717, 1.165) is 11.6 Å². The predicted octanol–water partition coefficient (Wildman–Crippen LogP) is -8.17. The van der Waals surface area contributed by atoms with Crippen LogP contribution in [0, 0.1) is 0 Å². The standard InChI is InChI=1S/C8H10N4.3ClH.Os/c1-11-5-3-9-7(11)8-10-4-6-12(8)2;;;;/h3-6H,1-2H3;3*1H;/p-3. The quantitative estimate of drug-likeness (QED) is 0.426. The number of rotatable bonds is 1. The van der Waals surface area contributed by atoms with Gasteiger partial charge in [-0.15, -0.1) is 0 Å².